The Hall–Kier alpha value is -2.39. The number of halogens is 3. The summed E-state index contributed by atoms with van der Waals surface area (Å²) in [6.07, 6.45) is -2.30. The number of carbonyl (C=O) groups excluding carboxylic acids is 1. The minimum Gasteiger partial charge on any atom is -0.393 e. The molecular formula is C18H19F3N2O4. The van der Waals surface area contributed by atoms with E-state index in [-0.39, 0.29) is 28.6 Å². The van der Waals surface area contributed by atoms with Crippen molar-refractivity contribution in [2.24, 2.45) is 0 Å². The fraction of sp³-hybridized carbons (Fsp3) is 0.444. The summed E-state index contributed by atoms with van der Waals surface area (Å²) in [6, 6.07) is 3.97. The minimum absolute atomic E-state index is 0.0417. The lowest BCUT2D eigenvalue weighted by Crippen LogP contribution is -2.40. The number of nitrogens with zero attached hydrogens (tertiary/aromatic N) is 1. The van der Waals surface area contributed by atoms with E-state index in [1.807, 2.05) is 0 Å². The first-order chi connectivity index (χ1) is 12.8. The van der Waals surface area contributed by atoms with Gasteiger partial charge in [-0.05, 0) is 37.8 Å². The number of alkyl halides is 3. The van der Waals surface area contributed by atoms with Gasteiger partial charge in [0.25, 0.3) is 5.91 Å². The van der Waals surface area contributed by atoms with Crippen molar-refractivity contribution in [2.45, 2.75) is 50.6 Å². The maximum atomic E-state index is 12.7. The molecule has 0 spiro atoms. The molecule has 3 N–H and O–H groups in total. The van der Waals surface area contributed by atoms with Gasteiger partial charge in [-0.15, -0.1) is 0 Å². The highest BCUT2D eigenvalue weighted by Gasteiger charge is 2.31. The molecule has 0 bridgehead atoms. The fourth-order valence-electron chi connectivity index (χ4n) is 3.22. The van der Waals surface area contributed by atoms with Gasteiger partial charge in [-0.1, -0.05) is 17.3 Å². The molecule has 1 aliphatic rings. The maximum Gasteiger partial charge on any atom is 0.416 e. The van der Waals surface area contributed by atoms with Crippen molar-refractivity contribution < 1.29 is 32.7 Å². The number of hydrogen-bond donors (Lipinski definition) is 3. The normalized spacial score (nSPS) is 20.5. The zero-order valence-corrected chi connectivity index (χ0v) is 14.3. The molecule has 1 fully saturated rings. The quantitative estimate of drug-likeness (QED) is 0.753. The molecule has 0 radical (unpaired) electrons. The lowest BCUT2D eigenvalue weighted by molar-refractivity contribution is -0.137. The van der Waals surface area contributed by atoms with Gasteiger partial charge in [0.15, 0.2) is 11.5 Å². The van der Waals surface area contributed by atoms with Crippen LogP contribution in [0.3, 0.4) is 0 Å². The summed E-state index contributed by atoms with van der Waals surface area (Å²) in [5.41, 5.74) is -0.562. The Morgan fingerprint density at radius 3 is 2.56 bits per heavy atom. The summed E-state index contributed by atoms with van der Waals surface area (Å²) in [6.45, 7) is -0.560. The van der Waals surface area contributed by atoms with Crippen LogP contribution in [0.1, 0.15) is 47.3 Å². The predicted octanol–water partition coefficient (Wildman–Crippen LogP) is 2.89. The van der Waals surface area contributed by atoms with Crippen LogP contribution < -0.4 is 5.32 Å². The molecular weight excluding hydrogens is 365 g/mol. The van der Waals surface area contributed by atoms with E-state index in [9.17, 15) is 28.2 Å². The third-order valence-electron chi connectivity index (χ3n) is 4.62. The number of amides is 1. The molecule has 0 aliphatic heterocycles. The smallest absolute Gasteiger partial charge is 0.393 e. The van der Waals surface area contributed by atoms with Gasteiger partial charge in [-0.2, -0.15) is 13.2 Å². The van der Waals surface area contributed by atoms with Crippen molar-refractivity contribution >= 4 is 5.91 Å². The van der Waals surface area contributed by atoms with Crippen LogP contribution in [0.15, 0.2) is 28.8 Å². The van der Waals surface area contributed by atoms with Crippen molar-refractivity contribution in [3.8, 4) is 11.3 Å². The number of aromatic nitrogens is 1. The maximum absolute atomic E-state index is 12.7. The van der Waals surface area contributed by atoms with E-state index in [0.29, 0.717) is 12.8 Å². The molecule has 2 aromatic rings. The molecule has 0 unspecified atom stereocenters. The first-order valence-electron chi connectivity index (χ1n) is 8.55. The van der Waals surface area contributed by atoms with Crippen LogP contribution in [0.4, 0.5) is 13.2 Å². The zero-order valence-electron chi connectivity index (χ0n) is 14.3. The summed E-state index contributed by atoms with van der Waals surface area (Å²) in [5, 5.41) is 25.8. The minimum atomic E-state index is -4.46. The summed E-state index contributed by atoms with van der Waals surface area (Å²) in [5.74, 6) is -0.514. The highest BCUT2D eigenvalue weighted by molar-refractivity contribution is 5.95. The molecule has 1 aromatic heterocycles. The Balaban J connectivity index is 1.81. The second kappa shape index (κ2) is 7.69. The van der Waals surface area contributed by atoms with E-state index < -0.39 is 30.4 Å². The molecule has 1 heterocycles. The Labute approximate surface area is 153 Å². The van der Waals surface area contributed by atoms with Gasteiger partial charge in [0.05, 0.1) is 23.8 Å². The third-order valence-corrected chi connectivity index (χ3v) is 4.62. The van der Waals surface area contributed by atoms with Crippen LogP contribution in [0.25, 0.3) is 11.3 Å². The summed E-state index contributed by atoms with van der Waals surface area (Å²) in [7, 11) is 0. The molecule has 3 rings (SSSR count). The molecule has 146 valence electrons. The third kappa shape index (κ3) is 4.30. The Bertz CT molecular complexity index is 802. The second-order valence-electron chi connectivity index (χ2n) is 6.56. The Kier molecular flexibility index (Phi) is 5.52. The van der Waals surface area contributed by atoms with E-state index >= 15 is 0 Å². The Morgan fingerprint density at radius 1 is 1.26 bits per heavy atom. The second-order valence-corrected chi connectivity index (χ2v) is 6.56. The number of nitrogens with one attached hydrogen (secondary N) is 1. The molecule has 6 nitrogen and oxygen atoms in total. The first kappa shape index (κ1) is 19.4. The average Bonchev–Trinajstić information content (AvgIpc) is 3.05. The molecule has 9 heteroatoms. The van der Waals surface area contributed by atoms with E-state index in [2.05, 4.69) is 10.5 Å². The average molecular weight is 384 g/mol. The number of carbonyl (C=O) groups is 1. The fourth-order valence-corrected chi connectivity index (χ4v) is 3.22. The van der Waals surface area contributed by atoms with Crippen LogP contribution in [0, 0.1) is 0 Å². The molecule has 27 heavy (non-hydrogen) atoms. The molecule has 0 saturated heterocycles. The number of benzene rings is 1. The van der Waals surface area contributed by atoms with Gasteiger partial charge in [0.2, 0.25) is 0 Å². The number of hydrogen-bond acceptors (Lipinski definition) is 5. The van der Waals surface area contributed by atoms with Gasteiger partial charge in [0, 0.05) is 11.6 Å². The van der Waals surface area contributed by atoms with E-state index in [1.165, 1.54) is 12.1 Å². The zero-order chi connectivity index (χ0) is 19.6. The van der Waals surface area contributed by atoms with E-state index in [0.717, 1.165) is 25.0 Å². The van der Waals surface area contributed by atoms with Gasteiger partial charge >= 0.3 is 6.18 Å². The summed E-state index contributed by atoms with van der Waals surface area (Å²) < 4.78 is 43.2. The van der Waals surface area contributed by atoms with Crippen LogP contribution in [-0.4, -0.2) is 33.4 Å². The number of aliphatic hydroxyl groups excluding tert-OH is 2. The van der Waals surface area contributed by atoms with Gasteiger partial charge in [0.1, 0.15) is 0 Å². The van der Waals surface area contributed by atoms with Crippen LogP contribution in [0.2, 0.25) is 0 Å². The Morgan fingerprint density at radius 2 is 1.96 bits per heavy atom. The topological polar surface area (TPSA) is 95.6 Å². The lowest BCUT2D eigenvalue weighted by atomic mass is 9.93. The highest BCUT2D eigenvalue weighted by atomic mass is 19.4. The monoisotopic (exact) mass is 384 g/mol. The van der Waals surface area contributed by atoms with Gasteiger partial charge in [-0.3, -0.25) is 4.79 Å². The largest absolute Gasteiger partial charge is 0.416 e. The van der Waals surface area contributed by atoms with Crippen molar-refractivity contribution in [1.82, 2.24) is 10.5 Å². The first-order valence-corrected chi connectivity index (χ1v) is 8.55. The number of aliphatic hydroxyl groups is 2. The molecule has 2 atom stereocenters. The standard InChI is InChI=1S/C18H19F3N2O4/c19-18(20,21)11-6-4-10(5-7-11)16-14(9-24)15(23-27-16)17(26)22-12-2-1-3-13(25)8-12/h4-7,12-13,24-25H,1-3,8-9H2,(H,22,26)/t12-,13+/m1/s1. The van der Waals surface area contributed by atoms with Gasteiger partial charge < -0.3 is 20.1 Å². The highest BCUT2D eigenvalue weighted by Crippen LogP contribution is 2.32. The SMILES string of the molecule is O=C(N[C@@H]1CCC[C@H](O)C1)c1noc(-c2ccc(C(F)(F)F)cc2)c1CO. The van der Waals surface area contributed by atoms with Crippen molar-refractivity contribution in [1.29, 1.82) is 0 Å². The molecule has 1 aliphatic carbocycles. The predicted molar refractivity (Wildman–Crippen MR) is 88.6 cm³/mol. The van der Waals surface area contributed by atoms with Crippen LogP contribution in [-0.2, 0) is 12.8 Å². The van der Waals surface area contributed by atoms with E-state index in [4.69, 9.17) is 4.52 Å². The van der Waals surface area contributed by atoms with Crippen LogP contribution in [0.5, 0.6) is 0 Å². The van der Waals surface area contributed by atoms with Crippen molar-refractivity contribution in [2.75, 3.05) is 0 Å². The molecule has 1 aromatic carbocycles. The van der Waals surface area contributed by atoms with E-state index in [1.54, 1.807) is 0 Å². The lowest BCUT2D eigenvalue weighted by Gasteiger charge is -2.26. The molecule has 1 saturated carbocycles. The number of rotatable bonds is 4. The van der Waals surface area contributed by atoms with Gasteiger partial charge in [-0.25, -0.2) is 0 Å². The summed E-state index contributed by atoms with van der Waals surface area (Å²) >= 11 is 0. The van der Waals surface area contributed by atoms with Crippen molar-refractivity contribution in [3.63, 3.8) is 0 Å². The van der Waals surface area contributed by atoms with Crippen molar-refractivity contribution in [3.05, 3.63) is 41.1 Å². The molecule has 1 amide bonds. The van der Waals surface area contributed by atoms with Crippen LogP contribution >= 0.6 is 0 Å². The summed E-state index contributed by atoms with van der Waals surface area (Å²) in [4.78, 5) is 12.5.